The van der Waals surface area contributed by atoms with Gasteiger partial charge in [-0.15, -0.1) is 0 Å². The minimum Gasteiger partial charge on any atom is -0.400 e. The fourth-order valence-corrected chi connectivity index (χ4v) is 2.41. The van der Waals surface area contributed by atoms with Crippen LogP contribution in [0.15, 0.2) is 17.6 Å². The van der Waals surface area contributed by atoms with Crippen LogP contribution in [0.1, 0.15) is 45.7 Å². The lowest BCUT2D eigenvalue weighted by atomic mass is 9.76. The van der Waals surface area contributed by atoms with Crippen molar-refractivity contribution < 1.29 is 22.9 Å². The molecular weight excluding hydrogens is 327 g/mol. The molecule has 1 amide bonds. The topological polar surface area (TPSA) is 47.6 Å². The van der Waals surface area contributed by atoms with E-state index in [-0.39, 0.29) is 18.0 Å². The molecule has 0 spiro atoms. The standard InChI is InChI=1S/C18H24BF2NO3/c1-11-7-13(16(21)9-15(11)20)8-14(10-22-12(2)23)19-24-17(3,4)18(5,6)25-19/h7-9H,10H2,1-6H3,(H,22,23). The van der Waals surface area contributed by atoms with Gasteiger partial charge in [0.15, 0.2) is 0 Å². The van der Waals surface area contributed by atoms with Crippen LogP contribution in [-0.2, 0) is 14.1 Å². The molecule has 0 bridgehead atoms. The van der Waals surface area contributed by atoms with Crippen molar-refractivity contribution in [2.45, 2.75) is 52.7 Å². The lowest BCUT2D eigenvalue weighted by Gasteiger charge is -2.32. The number of rotatable bonds is 4. The molecule has 0 unspecified atom stereocenters. The first-order valence-electron chi connectivity index (χ1n) is 8.19. The number of carbonyl (C=O) groups is 1. The van der Waals surface area contributed by atoms with E-state index < -0.39 is 30.0 Å². The van der Waals surface area contributed by atoms with Gasteiger partial charge in [0.1, 0.15) is 11.6 Å². The molecule has 0 saturated carbocycles. The maximum Gasteiger partial charge on any atom is 0.492 e. The Morgan fingerprint density at radius 3 is 2.24 bits per heavy atom. The van der Waals surface area contributed by atoms with Crippen LogP contribution in [0.5, 0.6) is 0 Å². The van der Waals surface area contributed by atoms with E-state index in [4.69, 9.17) is 9.31 Å². The molecule has 1 fully saturated rings. The number of nitrogens with one attached hydrogen (secondary N) is 1. The fraction of sp³-hybridized carbons (Fsp3) is 0.500. The monoisotopic (exact) mass is 351 g/mol. The minimum absolute atomic E-state index is 0.141. The van der Waals surface area contributed by atoms with Gasteiger partial charge < -0.3 is 14.6 Å². The zero-order valence-corrected chi connectivity index (χ0v) is 15.5. The van der Waals surface area contributed by atoms with Crippen molar-refractivity contribution in [1.82, 2.24) is 5.32 Å². The van der Waals surface area contributed by atoms with E-state index in [0.29, 0.717) is 11.0 Å². The Balaban J connectivity index is 2.40. The lowest BCUT2D eigenvalue weighted by Crippen LogP contribution is -2.41. The first kappa shape index (κ1) is 19.6. The molecule has 1 heterocycles. The number of halogens is 2. The summed E-state index contributed by atoms with van der Waals surface area (Å²) in [5, 5.41) is 2.68. The number of carbonyl (C=O) groups excluding carboxylic acids is 1. The highest BCUT2D eigenvalue weighted by atomic mass is 19.1. The Hall–Kier alpha value is -1.73. The van der Waals surface area contributed by atoms with Gasteiger partial charge >= 0.3 is 7.12 Å². The number of hydrogen-bond acceptors (Lipinski definition) is 3. The summed E-state index contributed by atoms with van der Waals surface area (Å²) < 4.78 is 39.6. The molecular formula is C18H24BF2NO3. The van der Waals surface area contributed by atoms with Crippen LogP contribution in [0.4, 0.5) is 8.78 Å². The number of amides is 1. The van der Waals surface area contributed by atoms with E-state index in [1.165, 1.54) is 13.0 Å². The fourth-order valence-electron chi connectivity index (χ4n) is 2.41. The van der Waals surface area contributed by atoms with Gasteiger partial charge in [0, 0.05) is 25.1 Å². The Morgan fingerprint density at radius 2 is 1.72 bits per heavy atom. The predicted octanol–water partition coefficient (Wildman–Crippen LogP) is 3.42. The average Bonchev–Trinajstić information content (AvgIpc) is 2.68. The predicted molar refractivity (Wildman–Crippen MR) is 93.8 cm³/mol. The van der Waals surface area contributed by atoms with Crippen LogP contribution in [0, 0.1) is 18.6 Å². The Morgan fingerprint density at radius 1 is 1.16 bits per heavy atom. The van der Waals surface area contributed by atoms with Crippen molar-refractivity contribution in [2.75, 3.05) is 6.54 Å². The highest BCUT2D eigenvalue weighted by molar-refractivity contribution is 6.56. The van der Waals surface area contributed by atoms with Gasteiger partial charge in [-0.2, -0.15) is 0 Å². The molecule has 1 aromatic carbocycles. The first-order chi connectivity index (χ1) is 11.4. The summed E-state index contributed by atoms with van der Waals surface area (Å²) in [5.41, 5.74) is -0.0257. The van der Waals surface area contributed by atoms with E-state index >= 15 is 0 Å². The summed E-state index contributed by atoms with van der Waals surface area (Å²) in [7, 11) is -0.735. The van der Waals surface area contributed by atoms with E-state index in [2.05, 4.69) is 5.32 Å². The largest absolute Gasteiger partial charge is 0.492 e. The summed E-state index contributed by atoms with van der Waals surface area (Å²) in [5.74, 6) is -1.51. The molecule has 1 N–H and O–H groups in total. The molecule has 25 heavy (non-hydrogen) atoms. The van der Waals surface area contributed by atoms with Gasteiger partial charge in [-0.05, 0) is 51.7 Å². The van der Waals surface area contributed by atoms with Crippen molar-refractivity contribution in [3.63, 3.8) is 0 Å². The summed E-state index contributed by atoms with van der Waals surface area (Å²) in [4.78, 5) is 11.3. The van der Waals surface area contributed by atoms with Crippen molar-refractivity contribution in [3.05, 3.63) is 40.4 Å². The first-order valence-corrected chi connectivity index (χ1v) is 8.19. The van der Waals surface area contributed by atoms with Gasteiger partial charge in [0.25, 0.3) is 0 Å². The van der Waals surface area contributed by atoms with E-state index in [1.54, 1.807) is 13.0 Å². The van der Waals surface area contributed by atoms with Gasteiger partial charge in [-0.25, -0.2) is 8.78 Å². The maximum atomic E-state index is 14.1. The van der Waals surface area contributed by atoms with Gasteiger partial charge in [-0.3, -0.25) is 4.79 Å². The lowest BCUT2D eigenvalue weighted by molar-refractivity contribution is -0.118. The van der Waals surface area contributed by atoms with Gasteiger partial charge in [0.05, 0.1) is 11.2 Å². The minimum atomic E-state index is -0.735. The van der Waals surface area contributed by atoms with Crippen LogP contribution in [0.25, 0.3) is 6.08 Å². The highest BCUT2D eigenvalue weighted by Gasteiger charge is 2.52. The Kier molecular flexibility index (Phi) is 5.39. The van der Waals surface area contributed by atoms with E-state index in [0.717, 1.165) is 6.07 Å². The number of benzene rings is 1. The number of aryl methyl sites for hydroxylation is 1. The zero-order valence-electron chi connectivity index (χ0n) is 15.5. The van der Waals surface area contributed by atoms with Crippen LogP contribution in [-0.4, -0.2) is 30.8 Å². The molecule has 4 nitrogen and oxygen atoms in total. The summed E-state index contributed by atoms with van der Waals surface area (Å²) >= 11 is 0. The third kappa shape index (κ3) is 4.28. The van der Waals surface area contributed by atoms with Crippen LogP contribution < -0.4 is 5.32 Å². The molecule has 0 aliphatic carbocycles. The Bertz CT molecular complexity index is 701. The molecule has 136 valence electrons. The third-order valence-electron chi connectivity index (χ3n) is 4.72. The summed E-state index contributed by atoms with van der Waals surface area (Å²) in [6.45, 7) is 10.7. The van der Waals surface area contributed by atoms with Gasteiger partial charge in [-0.1, -0.05) is 6.08 Å². The van der Waals surface area contributed by atoms with E-state index in [9.17, 15) is 13.6 Å². The molecule has 0 radical (unpaired) electrons. The molecule has 1 aliphatic rings. The van der Waals surface area contributed by atoms with Crippen LogP contribution in [0.2, 0.25) is 0 Å². The molecule has 7 heteroatoms. The van der Waals surface area contributed by atoms with Crippen molar-refractivity contribution >= 4 is 19.1 Å². The van der Waals surface area contributed by atoms with Crippen molar-refractivity contribution in [1.29, 1.82) is 0 Å². The quantitative estimate of drug-likeness (QED) is 0.846. The maximum absolute atomic E-state index is 14.1. The van der Waals surface area contributed by atoms with Crippen LogP contribution >= 0.6 is 0 Å². The van der Waals surface area contributed by atoms with Crippen molar-refractivity contribution in [2.24, 2.45) is 0 Å². The molecule has 1 saturated heterocycles. The molecule has 2 rings (SSSR count). The zero-order chi connectivity index (χ0) is 19.0. The van der Waals surface area contributed by atoms with E-state index in [1.807, 2.05) is 27.7 Å². The Labute approximate surface area is 147 Å². The smallest absolute Gasteiger partial charge is 0.400 e. The average molecular weight is 351 g/mol. The molecule has 0 aromatic heterocycles. The SMILES string of the molecule is CC(=O)NCC(=Cc1cc(C)c(F)cc1F)B1OC(C)(C)C(C)(C)O1. The molecule has 1 aromatic rings. The second kappa shape index (κ2) is 6.88. The highest BCUT2D eigenvalue weighted by Crippen LogP contribution is 2.38. The normalized spacial score (nSPS) is 19.2. The number of hydrogen-bond donors (Lipinski definition) is 1. The molecule has 0 atom stereocenters. The molecule has 1 aliphatic heterocycles. The van der Waals surface area contributed by atoms with Gasteiger partial charge in [0.2, 0.25) is 5.91 Å². The second-order valence-electron chi connectivity index (χ2n) is 7.34. The van der Waals surface area contributed by atoms with Crippen LogP contribution in [0.3, 0.4) is 0 Å². The van der Waals surface area contributed by atoms with Crippen molar-refractivity contribution in [3.8, 4) is 0 Å². The third-order valence-corrected chi connectivity index (χ3v) is 4.72. The second-order valence-corrected chi connectivity index (χ2v) is 7.34. The summed E-state index contributed by atoms with van der Waals surface area (Å²) in [6.07, 6.45) is 1.54. The summed E-state index contributed by atoms with van der Waals surface area (Å²) in [6, 6.07) is 2.27.